The first-order chi connectivity index (χ1) is 5.85. The zero-order valence-corrected chi connectivity index (χ0v) is 7.38. The van der Waals surface area contributed by atoms with Crippen LogP contribution in [0.3, 0.4) is 0 Å². The van der Waals surface area contributed by atoms with Gasteiger partial charge >= 0.3 is 0 Å². The van der Waals surface area contributed by atoms with E-state index in [2.05, 4.69) is 0 Å². The number of hydrogen-bond donors (Lipinski definition) is 6. The Morgan fingerprint density at radius 2 is 1.38 bits per heavy atom. The third kappa shape index (κ3) is 2.16. The summed E-state index contributed by atoms with van der Waals surface area (Å²) >= 11 is 0. The summed E-state index contributed by atoms with van der Waals surface area (Å²) in [6.45, 7) is -0.835. The van der Waals surface area contributed by atoms with Gasteiger partial charge in [0, 0.05) is 6.61 Å². The lowest BCUT2D eigenvalue weighted by atomic mass is 9.75. The quantitative estimate of drug-likeness (QED) is 0.264. The molecule has 80 valence electrons. The SMILES string of the molecule is CC(CO)C(CO)(CO)C(O)(O)O. The zero-order chi connectivity index (χ0) is 10.7. The molecule has 13 heavy (non-hydrogen) atoms. The Kier molecular flexibility index (Phi) is 4.24. The van der Waals surface area contributed by atoms with Gasteiger partial charge in [0.15, 0.2) is 0 Å². The van der Waals surface area contributed by atoms with Gasteiger partial charge < -0.3 is 30.6 Å². The van der Waals surface area contributed by atoms with E-state index in [1.54, 1.807) is 0 Å². The molecule has 0 aromatic heterocycles. The molecule has 0 saturated carbocycles. The summed E-state index contributed by atoms with van der Waals surface area (Å²) in [5, 5.41) is 53.2. The fourth-order valence-corrected chi connectivity index (χ4v) is 1.08. The van der Waals surface area contributed by atoms with Crippen LogP contribution in [0.4, 0.5) is 0 Å². The van der Waals surface area contributed by atoms with Gasteiger partial charge in [-0.25, -0.2) is 0 Å². The van der Waals surface area contributed by atoms with Crippen LogP contribution >= 0.6 is 0 Å². The van der Waals surface area contributed by atoms with Crippen molar-refractivity contribution < 1.29 is 30.6 Å². The molecule has 0 bridgehead atoms. The van der Waals surface area contributed by atoms with Crippen LogP contribution in [0.25, 0.3) is 0 Å². The van der Waals surface area contributed by atoms with Crippen LogP contribution in [0.15, 0.2) is 0 Å². The predicted octanol–water partition coefficient (Wildman–Crippen LogP) is -2.78. The Bertz CT molecular complexity index is 148. The monoisotopic (exact) mass is 196 g/mol. The maximum atomic E-state index is 8.91. The van der Waals surface area contributed by atoms with Gasteiger partial charge in [0.25, 0.3) is 5.97 Å². The van der Waals surface area contributed by atoms with E-state index in [4.69, 9.17) is 30.6 Å². The summed E-state index contributed by atoms with van der Waals surface area (Å²) in [6, 6.07) is 0. The van der Waals surface area contributed by atoms with Gasteiger partial charge in [0.2, 0.25) is 0 Å². The fraction of sp³-hybridized carbons (Fsp3) is 1.00. The van der Waals surface area contributed by atoms with Gasteiger partial charge in [-0.05, 0) is 5.92 Å². The Morgan fingerprint density at radius 3 is 1.46 bits per heavy atom. The van der Waals surface area contributed by atoms with Gasteiger partial charge in [-0.1, -0.05) is 6.92 Å². The molecule has 0 rings (SSSR count). The Hall–Kier alpha value is -0.240. The lowest BCUT2D eigenvalue weighted by molar-refractivity contribution is -0.396. The van der Waals surface area contributed by atoms with Gasteiger partial charge in [-0.3, -0.25) is 0 Å². The van der Waals surface area contributed by atoms with Crippen molar-refractivity contribution in [1.29, 1.82) is 0 Å². The zero-order valence-electron chi connectivity index (χ0n) is 7.38. The van der Waals surface area contributed by atoms with Crippen LogP contribution in [0.1, 0.15) is 6.92 Å². The molecule has 0 heterocycles. The van der Waals surface area contributed by atoms with Crippen molar-refractivity contribution in [1.82, 2.24) is 0 Å². The highest BCUT2D eigenvalue weighted by atomic mass is 16.7. The Morgan fingerprint density at radius 1 is 1.00 bits per heavy atom. The molecule has 0 spiro atoms. The maximum absolute atomic E-state index is 8.91. The van der Waals surface area contributed by atoms with E-state index < -0.39 is 37.1 Å². The van der Waals surface area contributed by atoms with Gasteiger partial charge in [0.05, 0.1) is 13.2 Å². The van der Waals surface area contributed by atoms with E-state index in [-0.39, 0.29) is 0 Å². The van der Waals surface area contributed by atoms with Crippen molar-refractivity contribution in [3.05, 3.63) is 0 Å². The topological polar surface area (TPSA) is 121 Å². The molecule has 1 atom stereocenters. The average Bonchev–Trinajstić information content (AvgIpc) is 2.04. The first-order valence-electron chi connectivity index (χ1n) is 3.85. The Labute approximate surface area is 75.7 Å². The summed E-state index contributed by atoms with van der Waals surface area (Å²) in [4.78, 5) is 0. The van der Waals surface area contributed by atoms with Gasteiger partial charge in [-0.2, -0.15) is 0 Å². The second kappa shape index (κ2) is 4.32. The predicted molar refractivity (Wildman–Crippen MR) is 42.2 cm³/mol. The molecule has 0 aromatic carbocycles. The van der Waals surface area contributed by atoms with Crippen molar-refractivity contribution in [3.8, 4) is 0 Å². The number of hydrogen-bond acceptors (Lipinski definition) is 6. The average molecular weight is 196 g/mol. The smallest absolute Gasteiger partial charge is 0.286 e. The van der Waals surface area contributed by atoms with Crippen molar-refractivity contribution in [2.75, 3.05) is 19.8 Å². The first-order valence-corrected chi connectivity index (χ1v) is 3.85. The molecule has 0 fully saturated rings. The molecule has 0 saturated heterocycles. The number of aliphatic hydroxyl groups excluding tert-OH is 3. The molecule has 0 amide bonds. The summed E-state index contributed by atoms with van der Waals surface area (Å²) in [6.07, 6.45) is 0. The van der Waals surface area contributed by atoms with Crippen molar-refractivity contribution >= 4 is 0 Å². The van der Waals surface area contributed by atoms with Crippen LogP contribution in [-0.2, 0) is 0 Å². The minimum absolute atomic E-state index is 0.495. The molecular formula is C7H16O6. The third-order valence-electron chi connectivity index (χ3n) is 2.45. The van der Waals surface area contributed by atoms with E-state index in [0.29, 0.717) is 0 Å². The van der Waals surface area contributed by atoms with Gasteiger partial charge in [-0.15, -0.1) is 0 Å². The molecule has 6 heteroatoms. The second-order valence-electron chi connectivity index (χ2n) is 3.19. The van der Waals surface area contributed by atoms with E-state index in [0.717, 1.165) is 0 Å². The second-order valence-corrected chi connectivity index (χ2v) is 3.19. The van der Waals surface area contributed by atoms with Crippen molar-refractivity contribution in [3.63, 3.8) is 0 Å². The molecule has 0 aliphatic rings. The van der Waals surface area contributed by atoms with E-state index in [1.807, 2.05) is 0 Å². The summed E-state index contributed by atoms with van der Waals surface area (Å²) in [5.74, 6) is -4.08. The summed E-state index contributed by atoms with van der Waals surface area (Å²) < 4.78 is 0. The standard InChI is InChI=1S/C7H16O6/c1-5(2-8)6(3-9,4-10)7(11,12)13/h5,8-13H,2-4H2,1H3. The molecule has 0 aliphatic heterocycles. The van der Waals surface area contributed by atoms with Crippen LogP contribution in [-0.4, -0.2) is 56.4 Å². The fourth-order valence-electron chi connectivity index (χ4n) is 1.08. The first kappa shape index (κ1) is 12.8. The van der Waals surface area contributed by atoms with Gasteiger partial charge in [0.1, 0.15) is 5.41 Å². The van der Waals surface area contributed by atoms with E-state index in [9.17, 15) is 0 Å². The third-order valence-corrected chi connectivity index (χ3v) is 2.45. The summed E-state index contributed by atoms with van der Waals surface area (Å²) in [7, 11) is 0. The molecule has 0 aliphatic carbocycles. The molecule has 6 N–H and O–H groups in total. The Balaban J connectivity index is 4.91. The van der Waals surface area contributed by atoms with E-state index in [1.165, 1.54) is 6.92 Å². The van der Waals surface area contributed by atoms with E-state index >= 15 is 0 Å². The molecule has 0 radical (unpaired) electrons. The summed E-state index contributed by atoms with van der Waals surface area (Å²) in [5.41, 5.74) is -1.94. The molecule has 0 aromatic rings. The van der Waals surface area contributed by atoms with Crippen molar-refractivity contribution in [2.24, 2.45) is 11.3 Å². The van der Waals surface area contributed by atoms with Crippen LogP contribution in [0.2, 0.25) is 0 Å². The minimum atomic E-state index is -3.22. The minimum Gasteiger partial charge on any atom is -0.396 e. The normalized spacial score (nSPS) is 15.9. The molecular weight excluding hydrogens is 180 g/mol. The molecule has 1 unspecified atom stereocenters. The highest BCUT2D eigenvalue weighted by molar-refractivity contribution is 4.88. The number of aliphatic hydroxyl groups is 6. The molecule has 6 nitrogen and oxygen atoms in total. The number of rotatable bonds is 5. The lowest BCUT2D eigenvalue weighted by Crippen LogP contribution is -2.57. The van der Waals surface area contributed by atoms with Crippen LogP contribution in [0.5, 0.6) is 0 Å². The highest BCUT2D eigenvalue weighted by Gasteiger charge is 2.52. The lowest BCUT2D eigenvalue weighted by Gasteiger charge is -2.40. The van der Waals surface area contributed by atoms with Crippen LogP contribution in [0, 0.1) is 11.3 Å². The largest absolute Gasteiger partial charge is 0.396 e. The highest BCUT2D eigenvalue weighted by Crippen LogP contribution is 2.35. The van der Waals surface area contributed by atoms with Crippen molar-refractivity contribution in [2.45, 2.75) is 12.9 Å². The van der Waals surface area contributed by atoms with Crippen LogP contribution < -0.4 is 0 Å². The maximum Gasteiger partial charge on any atom is 0.286 e.